The van der Waals surface area contributed by atoms with Gasteiger partial charge < -0.3 is 24.6 Å². The fourth-order valence-corrected chi connectivity index (χ4v) is 2.53. The molecule has 0 bridgehead atoms. The molecule has 0 saturated heterocycles. The average Bonchev–Trinajstić information content (AvgIpc) is 3.04. The lowest BCUT2D eigenvalue weighted by Crippen LogP contribution is -2.21. The third kappa shape index (κ3) is 3.88. The summed E-state index contributed by atoms with van der Waals surface area (Å²) in [6, 6.07) is 13.3. The molecule has 1 heterocycles. The molecule has 0 aliphatic carbocycles. The van der Waals surface area contributed by atoms with E-state index in [2.05, 4.69) is 5.32 Å². The largest absolute Gasteiger partial charge is 0.496 e. The number of para-hydroxylation sites is 2. The standard InChI is InChI=1S/C17H19NO4.ClH/c1-20-15-7-3-2-6-13(15)14(19)10-18-9-12-5-4-8-16-17(12)22-11-21-16;/h2-8,14,18-19H,9-11H2,1H3;1H. The van der Waals surface area contributed by atoms with Gasteiger partial charge in [-0.05, 0) is 12.1 Å². The number of hydrogen-bond acceptors (Lipinski definition) is 5. The molecule has 2 N–H and O–H groups in total. The third-order valence-electron chi connectivity index (χ3n) is 3.63. The minimum absolute atomic E-state index is 0. The molecule has 0 aromatic heterocycles. The SMILES string of the molecule is COc1ccccc1C(O)CNCc1cccc2c1OCO2.Cl. The molecule has 1 aliphatic heterocycles. The van der Waals surface area contributed by atoms with Crippen LogP contribution in [0.3, 0.4) is 0 Å². The summed E-state index contributed by atoms with van der Waals surface area (Å²) in [5.74, 6) is 2.24. The van der Waals surface area contributed by atoms with Crippen LogP contribution in [0, 0.1) is 0 Å². The summed E-state index contributed by atoms with van der Waals surface area (Å²) >= 11 is 0. The fourth-order valence-electron chi connectivity index (χ4n) is 2.53. The number of aliphatic hydroxyl groups excluding tert-OH is 1. The van der Waals surface area contributed by atoms with Crippen LogP contribution in [-0.4, -0.2) is 25.6 Å². The maximum atomic E-state index is 10.3. The van der Waals surface area contributed by atoms with Crippen LogP contribution in [-0.2, 0) is 6.54 Å². The van der Waals surface area contributed by atoms with Gasteiger partial charge >= 0.3 is 0 Å². The summed E-state index contributed by atoms with van der Waals surface area (Å²) in [6.45, 7) is 1.28. The molecule has 5 nitrogen and oxygen atoms in total. The van der Waals surface area contributed by atoms with Crippen molar-refractivity contribution >= 4 is 12.4 Å². The summed E-state index contributed by atoms with van der Waals surface area (Å²) < 4.78 is 16.1. The van der Waals surface area contributed by atoms with Gasteiger partial charge in [-0.2, -0.15) is 0 Å². The zero-order valence-electron chi connectivity index (χ0n) is 12.8. The van der Waals surface area contributed by atoms with Gasteiger partial charge in [0.1, 0.15) is 5.75 Å². The molecule has 0 spiro atoms. The maximum Gasteiger partial charge on any atom is 0.231 e. The Morgan fingerprint density at radius 1 is 1.17 bits per heavy atom. The molecule has 1 unspecified atom stereocenters. The van der Waals surface area contributed by atoms with E-state index in [9.17, 15) is 5.11 Å². The molecule has 0 fully saturated rings. The zero-order chi connectivity index (χ0) is 15.4. The summed E-state index contributed by atoms with van der Waals surface area (Å²) in [7, 11) is 1.60. The van der Waals surface area contributed by atoms with Crippen molar-refractivity contribution in [2.24, 2.45) is 0 Å². The normalized spacial score (nSPS) is 13.3. The number of fused-ring (bicyclic) bond motifs is 1. The van der Waals surface area contributed by atoms with Crippen LogP contribution in [0.1, 0.15) is 17.2 Å². The molecule has 124 valence electrons. The van der Waals surface area contributed by atoms with E-state index in [0.717, 1.165) is 22.6 Å². The van der Waals surface area contributed by atoms with Crippen LogP contribution in [0.4, 0.5) is 0 Å². The smallest absolute Gasteiger partial charge is 0.231 e. The first-order valence-electron chi connectivity index (χ1n) is 7.19. The summed E-state index contributed by atoms with van der Waals surface area (Å²) in [4.78, 5) is 0. The predicted molar refractivity (Wildman–Crippen MR) is 89.5 cm³/mol. The Labute approximate surface area is 141 Å². The summed E-state index contributed by atoms with van der Waals surface area (Å²) in [5, 5.41) is 13.5. The van der Waals surface area contributed by atoms with E-state index >= 15 is 0 Å². The minimum atomic E-state index is -0.634. The van der Waals surface area contributed by atoms with Gasteiger partial charge in [0, 0.05) is 24.2 Å². The molecule has 2 aromatic rings. The molecule has 0 radical (unpaired) electrons. The number of methoxy groups -OCH3 is 1. The van der Waals surface area contributed by atoms with Gasteiger partial charge in [0.05, 0.1) is 13.2 Å². The van der Waals surface area contributed by atoms with Crippen LogP contribution in [0.5, 0.6) is 17.2 Å². The molecule has 1 aliphatic rings. The fraction of sp³-hybridized carbons (Fsp3) is 0.294. The lowest BCUT2D eigenvalue weighted by atomic mass is 10.1. The van der Waals surface area contributed by atoms with E-state index in [0.29, 0.717) is 18.8 Å². The topological polar surface area (TPSA) is 60.0 Å². The van der Waals surface area contributed by atoms with Crippen molar-refractivity contribution in [2.75, 3.05) is 20.4 Å². The third-order valence-corrected chi connectivity index (χ3v) is 3.63. The van der Waals surface area contributed by atoms with Gasteiger partial charge in [0.15, 0.2) is 11.5 Å². The van der Waals surface area contributed by atoms with Gasteiger partial charge in [-0.3, -0.25) is 0 Å². The lowest BCUT2D eigenvalue weighted by molar-refractivity contribution is 0.168. The van der Waals surface area contributed by atoms with Crippen LogP contribution < -0.4 is 19.5 Å². The maximum absolute atomic E-state index is 10.3. The second-order valence-electron chi connectivity index (χ2n) is 5.04. The van der Waals surface area contributed by atoms with Gasteiger partial charge in [-0.25, -0.2) is 0 Å². The Balaban J connectivity index is 0.00000192. The van der Waals surface area contributed by atoms with Crippen molar-refractivity contribution in [3.63, 3.8) is 0 Å². The van der Waals surface area contributed by atoms with E-state index in [4.69, 9.17) is 14.2 Å². The first-order valence-corrected chi connectivity index (χ1v) is 7.19. The first-order chi connectivity index (χ1) is 10.8. The Morgan fingerprint density at radius 2 is 2.00 bits per heavy atom. The number of benzene rings is 2. The van der Waals surface area contributed by atoms with Crippen molar-refractivity contribution in [3.8, 4) is 17.2 Å². The number of ether oxygens (including phenoxy) is 3. The number of hydrogen-bond donors (Lipinski definition) is 2. The zero-order valence-corrected chi connectivity index (χ0v) is 13.6. The molecule has 23 heavy (non-hydrogen) atoms. The molecular weight excluding hydrogens is 318 g/mol. The number of halogens is 1. The van der Waals surface area contributed by atoms with E-state index in [-0.39, 0.29) is 19.2 Å². The number of aliphatic hydroxyl groups is 1. The summed E-state index contributed by atoms with van der Waals surface area (Å²) in [6.07, 6.45) is -0.634. The monoisotopic (exact) mass is 337 g/mol. The van der Waals surface area contributed by atoms with Crippen LogP contribution in [0.15, 0.2) is 42.5 Å². The van der Waals surface area contributed by atoms with Crippen molar-refractivity contribution in [3.05, 3.63) is 53.6 Å². The number of nitrogens with one attached hydrogen (secondary N) is 1. The van der Waals surface area contributed by atoms with Crippen LogP contribution >= 0.6 is 12.4 Å². The van der Waals surface area contributed by atoms with Crippen molar-refractivity contribution in [1.29, 1.82) is 0 Å². The van der Waals surface area contributed by atoms with E-state index < -0.39 is 6.10 Å². The first kappa shape index (κ1) is 17.4. The minimum Gasteiger partial charge on any atom is -0.496 e. The quantitative estimate of drug-likeness (QED) is 0.848. The summed E-state index contributed by atoms with van der Waals surface area (Å²) in [5.41, 5.74) is 1.79. The van der Waals surface area contributed by atoms with Crippen LogP contribution in [0.25, 0.3) is 0 Å². The van der Waals surface area contributed by atoms with Crippen molar-refractivity contribution in [1.82, 2.24) is 5.32 Å². The molecule has 1 atom stereocenters. The Morgan fingerprint density at radius 3 is 2.83 bits per heavy atom. The van der Waals surface area contributed by atoms with E-state index in [1.165, 1.54) is 0 Å². The molecular formula is C17H20ClNO4. The van der Waals surface area contributed by atoms with Gasteiger partial charge in [-0.15, -0.1) is 12.4 Å². The van der Waals surface area contributed by atoms with Gasteiger partial charge in [0.2, 0.25) is 6.79 Å². The highest BCUT2D eigenvalue weighted by molar-refractivity contribution is 5.85. The molecule has 0 amide bonds. The van der Waals surface area contributed by atoms with E-state index in [1.54, 1.807) is 7.11 Å². The predicted octanol–water partition coefficient (Wildman–Crippen LogP) is 2.67. The second kappa shape index (κ2) is 8.06. The molecule has 3 rings (SSSR count). The van der Waals surface area contributed by atoms with Crippen molar-refractivity contribution in [2.45, 2.75) is 12.6 Å². The second-order valence-corrected chi connectivity index (χ2v) is 5.04. The van der Waals surface area contributed by atoms with Gasteiger partial charge in [-0.1, -0.05) is 30.3 Å². The molecule has 0 saturated carbocycles. The molecule has 2 aromatic carbocycles. The molecule has 6 heteroatoms. The van der Waals surface area contributed by atoms with E-state index in [1.807, 2.05) is 42.5 Å². The Hall–Kier alpha value is -1.95. The van der Waals surface area contributed by atoms with Crippen LogP contribution in [0.2, 0.25) is 0 Å². The number of rotatable bonds is 6. The Bertz CT molecular complexity index is 650. The lowest BCUT2D eigenvalue weighted by Gasteiger charge is -2.15. The average molecular weight is 338 g/mol. The highest BCUT2D eigenvalue weighted by atomic mass is 35.5. The Kier molecular flexibility index (Phi) is 6.10. The highest BCUT2D eigenvalue weighted by Crippen LogP contribution is 2.35. The van der Waals surface area contributed by atoms with Crippen molar-refractivity contribution < 1.29 is 19.3 Å². The highest BCUT2D eigenvalue weighted by Gasteiger charge is 2.17. The van der Waals surface area contributed by atoms with Gasteiger partial charge in [0.25, 0.3) is 0 Å².